The molecular formula is C15H22BrNO2. The molecule has 0 saturated carbocycles. The van der Waals surface area contributed by atoms with Crippen molar-refractivity contribution in [1.29, 1.82) is 0 Å². The number of carbonyl (C=O) groups excluding carboxylic acids is 1. The molecular weight excluding hydrogens is 306 g/mol. The van der Waals surface area contributed by atoms with Gasteiger partial charge < -0.3 is 9.64 Å². The molecule has 0 radical (unpaired) electrons. The molecule has 0 saturated heterocycles. The summed E-state index contributed by atoms with van der Waals surface area (Å²) in [6, 6.07) is 5.68. The first-order valence-electron chi connectivity index (χ1n) is 6.47. The van der Waals surface area contributed by atoms with Gasteiger partial charge in [-0.2, -0.15) is 0 Å². The number of amides is 1. The van der Waals surface area contributed by atoms with Crippen molar-refractivity contribution in [3.05, 3.63) is 28.2 Å². The van der Waals surface area contributed by atoms with Crippen LogP contribution in [0.15, 0.2) is 22.7 Å². The number of methoxy groups -OCH3 is 1. The van der Waals surface area contributed by atoms with Gasteiger partial charge in [0, 0.05) is 17.6 Å². The van der Waals surface area contributed by atoms with Gasteiger partial charge in [0.05, 0.1) is 12.7 Å². The van der Waals surface area contributed by atoms with Crippen LogP contribution in [-0.2, 0) is 0 Å². The SMILES string of the molecule is COc1cc(Br)ccc1C(=O)N(C)C(C)CC(C)C. The highest BCUT2D eigenvalue weighted by molar-refractivity contribution is 9.10. The van der Waals surface area contributed by atoms with Crippen molar-refractivity contribution in [2.45, 2.75) is 33.2 Å². The van der Waals surface area contributed by atoms with Crippen LogP contribution in [0.1, 0.15) is 37.6 Å². The summed E-state index contributed by atoms with van der Waals surface area (Å²) in [5, 5.41) is 0. The Morgan fingerprint density at radius 1 is 1.37 bits per heavy atom. The molecule has 1 unspecified atom stereocenters. The maximum Gasteiger partial charge on any atom is 0.257 e. The highest BCUT2D eigenvalue weighted by Crippen LogP contribution is 2.25. The van der Waals surface area contributed by atoms with E-state index < -0.39 is 0 Å². The molecule has 0 heterocycles. The van der Waals surface area contributed by atoms with Gasteiger partial charge >= 0.3 is 0 Å². The molecule has 3 nitrogen and oxygen atoms in total. The first-order valence-corrected chi connectivity index (χ1v) is 7.26. The molecule has 0 aliphatic rings. The van der Waals surface area contributed by atoms with Crippen molar-refractivity contribution < 1.29 is 9.53 Å². The fourth-order valence-electron chi connectivity index (χ4n) is 2.07. The van der Waals surface area contributed by atoms with E-state index in [1.54, 1.807) is 18.1 Å². The number of halogens is 1. The second-order valence-electron chi connectivity index (χ2n) is 5.24. The molecule has 0 bridgehead atoms. The van der Waals surface area contributed by atoms with Crippen LogP contribution in [0.2, 0.25) is 0 Å². The summed E-state index contributed by atoms with van der Waals surface area (Å²) in [5.74, 6) is 1.16. The van der Waals surface area contributed by atoms with Gasteiger partial charge in [0.1, 0.15) is 5.75 Å². The number of benzene rings is 1. The summed E-state index contributed by atoms with van der Waals surface area (Å²) in [6.07, 6.45) is 0.987. The van der Waals surface area contributed by atoms with Crippen molar-refractivity contribution >= 4 is 21.8 Å². The Labute approximate surface area is 124 Å². The van der Waals surface area contributed by atoms with E-state index in [0.29, 0.717) is 17.2 Å². The second-order valence-corrected chi connectivity index (χ2v) is 6.15. The monoisotopic (exact) mass is 327 g/mol. The number of ether oxygens (including phenoxy) is 1. The Kier molecular flexibility index (Phi) is 5.85. The second kappa shape index (κ2) is 6.94. The van der Waals surface area contributed by atoms with Crippen LogP contribution < -0.4 is 4.74 Å². The Bertz CT molecular complexity index is 446. The molecule has 1 rings (SSSR count). The van der Waals surface area contributed by atoms with Crippen LogP contribution >= 0.6 is 15.9 Å². The molecule has 106 valence electrons. The lowest BCUT2D eigenvalue weighted by atomic mass is 10.0. The van der Waals surface area contributed by atoms with Crippen LogP contribution in [0.4, 0.5) is 0 Å². The van der Waals surface area contributed by atoms with E-state index in [4.69, 9.17) is 4.74 Å². The Hall–Kier alpha value is -1.03. The molecule has 0 aromatic heterocycles. The molecule has 1 aromatic carbocycles. The first kappa shape index (κ1) is 16.0. The molecule has 0 aliphatic carbocycles. The van der Waals surface area contributed by atoms with Gasteiger partial charge in [-0.25, -0.2) is 0 Å². The smallest absolute Gasteiger partial charge is 0.257 e. The predicted molar refractivity (Wildman–Crippen MR) is 81.7 cm³/mol. The van der Waals surface area contributed by atoms with Gasteiger partial charge in [0.15, 0.2) is 0 Å². The minimum absolute atomic E-state index is 0.00231. The minimum Gasteiger partial charge on any atom is -0.496 e. The van der Waals surface area contributed by atoms with Crippen LogP contribution in [0.5, 0.6) is 5.75 Å². The van der Waals surface area contributed by atoms with E-state index >= 15 is 0 Å². The quantitative estimate of drug-likeness (QED) is 0.819. The van der Waals surface area contributed by atoms with E-state index in [-0.39, 0.29) is 11.9 Å². The van der Waals surface area contributed by atoms with Crippen molar-refractivity contribution in [2.24, 2.45) is 5.92 Å². The standard InChI is InChI=1S/C15H22BrNO2/c1-10(2)8-11(3)17(4)15(18)13-7-6-12(16)9-14(13)19-5/h6-7,9-11H,8H2,1-5H3. The van der Waals surface area contributed by atoms with E-state index in [9.17, 15) is 4.79 Å². The molecule has 0 spiro atoms. The highest BCUT2D eigenvalue weighted by atomic mass is 79.9. The summed E-state index contributed by atoms with van der Waals surface area (Å²) in [6.45, 7) is 6.40. The third-order valence-corrected chi connectivity index (χ3v) is 3.68. The maximum atomic E-state index is 12.5. The van der Waals surface area contributed by atoms with Gasteiger partial charge in [-0.1, -0.05) is 29.8 Å². The molecule has 0 fully saturated rings. The van der Waals surface area contributed by atoms with Crippen LogP contribution in [-0.4, -0.2) is 31.0 Å². The first-order chi connectivity index (χ1) is 8.86. The number of rotatable bonds is 5. The molecule has 0 N–H and O–H groups in total. The zero-order valence-corrected chi connectivity index (χ0v) is 13.8. The number of carbonyl (C=O) groups is 1. The predicted octanol–water partition coefficient (Wildman–Crippen LogP) is 3.96. The van der Waals surface area contributed by atoms with Gasteiger partial charge in [0.25, 0.3) is 5.91 Å². The Morgan fingerprint density at radius 2 is 2.00 bits per heavy atom. The van der Waals surface area contributed by atoms with Crippen LogP contribution in [0.25, 0.3) is 0 Å². The van der Waals surface area contributed by atoms with Crippen molar-refractivity contribution in [1.82, 2.24) is 4.90 Å². The third kappa shape index (κ3) is 4.23. The van der Waals surface area contributed by atoms with Gasteiger partial charge in [-0.3, -0.25) is 4.79 Å². The average Bonchev–Trinajstić information content (AvgIpc) is 2.36. The fourth-order valence-corrected chi connectivity index (χ4v) is 2.41. The van der Waals surface area contributed by atoms with E-state index in [1.165, 1.54) is 0 Å². The van der Waals surface area contributed by atoms with Crippen LogP contribution in [0.3, 0.4) is 0 Å². The van der Waals surface area contributed by atoms with Crippen molar-refractivity contribution in [3.8, 4) is 5.75 Å². The zero-order chi connectivity index (χ0) is 14.6. The summed E-state index contributed by atoms with van der Waals surface area (Å²) >= 11 is 3.38. The van der Waals surface area contributed by atoms with E-state index in [0.717, 1.165) is 10.9 Å². The van der Waals surface area contributed by atoms with Crippen molar-refractivity contribution in [3.63, 3.8) is 0 Å². The Balaban J connectivity index is 2.93. The maximum absolute atomic E-state index is 12.5. The lowest BCUT2D eigenvalue weighted by Crippen LogP contribution is -2.36. The van der Waals surface area contributed by atoms with Gasteiger partial charge in [-0.05, 0) is 37.5 Å². The molecule has 1 atom stereocenters. The summed E-state index contributed by atoms with van der Waals surface area (Å²) in [5.41, 5.74) is 0.601. The average molecular weight is 328 g/mol. The number of nitrogens with zero attached hydrogens (tertiary/aromatic N) is 1. The van der Waals surface area contributed by atoms with Crippen molar-refractivity contribution in [2.75, 3.05) is 14.2 Å². The topological polar surface area (TPSA) is 29.5 Å². The van der Waals surface area contributed by atoms with E-state index in [2.05, 4.69) is 36.7 Å². The van der Waals surface area contributed by atoms with Gasteiger partial charge in [-0.15, -0.1) is 0 Å². The summed E-state index contributed by atoms with van der Waals surface area (Å²) in [7, 11) is 3.42. The molecule has 1 aromatic rings. The molecule has 1 amide bonds. The third-order valence-electron chi connectivity index (χ3n) is 3.19. The van der Waals surface area contributed by atoms with Crippen LogP contribution in [0, 0.1) is 5.92 Å². The zero-order valence-electron chi connectivity index (χ0n) is 12.2. The minimum atomic E-state index is -0.00231. The summed E-state index contributed by atoms with van der Waals surface area (Å²) in [4.78, 5) is 14.3. The fraction of sp³-hybridized carbons (Fsp3) is 0.533. The number of hydrogen-bond acceptors (Lipinski definition) is 2. The largest absolute Gasteiger partial charge is 0.496 e. The Morgan fingerprint density at radius 3 is 2.53 bits per heavy atom. The molecule has 0 aliphatic heterocycles. The number of hydrogen-bond donors (Lipinski definition) is 0. The van der Waals surface area contributed by atoms with Gasteiger partial charge in [0.2, 0.25) is 0 Å². The molecule has 19 heavy (non-hydrogen) atoms. The molecule has 4 heteroatoms. The van der Waals surface area contributed by atoms with E-state index in [1.807, 2.05) is 19.2 Å². The highest BCUT2D eigenvalue weighted by Gasteiger charge is 2.21. The normalized spacial score (nSPS) is 12.4. The lowest BCUT2D eigenvalue weighted by Gasteiger charge is -2.27. The lowest BCUT2D eigenvalue weighted by molar-refractivity contribution is 0.0725. The summed E-state index contributed by atoms with van der Waals surface area (Å²) < 4.78 is 6.18.